The summed E-state index contributed by atoms with van der Waals surface area (Å²) in [5, 5.41) is 14.2. The fourth-order valence-electron chi connectivity index (χ4n) is 3.13. The predicted molar refractivity (Wildman–Crippen MR) is 107 cm³/mol. The maximum atomic E-state index is 12.4. The molecule has 1 aliphatic heterocycles. The van der Waals surface area contributed by atoms with Crippen LogP contribution >= 0.6 is 0 Å². The number of nitro benzene ring substituents is 1. The Bertz CT molecular complexity index is 930. The van der Waals surface area contributed by atoms with Gasteiger partial charge in [0.2, 0.25) is 0 Å². The second kappa shape index (κ2) is 9.73. The maximum absolute atomic E-state index is 12.4. The van der Waals surface area contributed by atoms with E-state index in [9.17, 15) is 19.7 Å². The number of nitrogens with one attached hydrogen (secondary N) is 1. The van der Waals surface area contributed by atoms with Crippen LogP contribution in [0.3, 0.4) is 0 Å². The van der Waals surface area contributed by atoms with Crippen molar-refractivity contribution in [1.29, 1.82) is 0 Å². The lowest BCUT2D eigenvalue weighted by atomic mass is 10.0. The van der Waals surface area contributed by atoms with E-state index in [0.29, 0.717) is 0 Å². The minimum Gasteiger partial charge on any atom is -0.486 e. The quantitative estimate of drug-likeness (QED) is 0.400. The van der Waals surface area contributed by atoms with Crippen LogP contribution in [0.25, 0.3) is 0 Å². The molecule has 1 amide bonds. The van der Waals surface area contributed by atoms with Crippen molar-refractivity contribution in [3.8, 4) is 11.5 Å². The lowest BCUT2D eigenvalue weighted by Gasteiger charge is -2.19. The van der Waals surface area contributed by atoms with E-state index in [-0.39, 0.29) is 36.3 Å². The Kier molecular flexibility index (Phi) is 6.84. The highest BCUT2D eigenvalue weighted by Crippen LogP contribution is 2.36. The van der Waals surface area contributed by atoms with Gasteiger partial charge in [0.15, 0.2) is 18.1 Å². The Morgan fingerprint density at radius 2 is 1.83 bits per heavy atom. The summed E-state index contributed by atoms with van der Waals surface area (Å²) >= 11 is 0. The van der Waals surface area contributed by atoms with Crippen LogP contribution < -0.4 is 14.8 Å². The smallest absolute Gasteiger partial charge is 0.345 e. The normalized spacial score (nSPS) is 13.2. The van der Waals surface area contributed by atoms with E-state index in [2.05, 4.69) is 5.32 Å². The summed E-state index contributed by atoms with van der Waals surface area (Å²) < 4.78 is 15.7. The fourth-order valence-corrected chi connectivity index (χ4v) is 3.13. The van der Waals surface area contributed by atoms with Crippen LogP contribution in [-0.4, -0.2) is 36.6 Å². The zero-order chi connectivity index (χ0) is 21.5. The van der Waals surface area contributed by atoms with E-state index in [4.69, 9.17) is 14.2 Å². The number of hydrogen-bond acceptors (Lipinski definition) is 7. The molecule has 1 heterocycles. The number of amides is 1. The Hall–Kier alpha value is -3.62. The Morgan fingerprint density at radius 1 is 1.17 bits per heavy atom. The Morgan fingerprint density at radius 3 is 2.47 bits per heavy atom. The van der Waals surface area contributed by atoms with Gasteiger partial charge in [0, 0.05) is 6.07 Å². The second-order valence-corrected chi connectivity index (χ2v) is 6.67. The molecular weight excluding hydrogens is 392 g/mol. The molecule has 0 bridgehead atoms. The highest BCUT2D eigenvalue weighted by atomic mass is 16.6. The molecule has 1 atom stereocenters. The number of benzene rings is 2. The summed E-state index contributed by atoms with van der Waals surface area (Å²) in [6.07, 6.45) is 1.57. The van der Waals surface area contributed by atoms with Gasteiger partial charge in [-0.2, -0.15) is 0 Å². The molecule has 0 aromatic heterocycles. The summed E-state index contributed by atoms with van der Waals surface area (Å²) in [6, 6.07) is 11.6. The lowest BCUT2D eigenvalue weighted by molar-refractivity contribution is -0.385. The topological polar surface area (TPSA) is 117 Å². The number of rotatable bonds is 8. The minimum atomic E-state index is -0.986. The largest absolute Gasteiger partial charge is 0.486 e. The van der Waals surface area contributed by atoms with Crippen molar-refractivity contribution in [2.24, 2.45) is 0 Å². The molecule has 2 aromatic rings. The first-order valence-corrected chi connectivity index (χ1v) is 9.59. The van der Waals surface area contributed by atoms with E-state index in [1.54, 1.807) is 0 Å². The summed E-state index contributed by atoms with van der Waals surface area (Å²) in [5.41, 5.74) is 0.171. The van der Waals surface area contributed by atoms with E-state index in [1.807, 2.05) is 37.3 Å². The van der Waals surface area contributed by atoms with Gasteiger partial charge in [-0.3, -0.25) is 14.9 Å². The van der Waals surface area contributed by atoms with Gasteiger partial charge in [-0.25, -0.2) is 4.79 Å². The van der Waals surface area contributed by atoms with Gasteiger partial charge in [-0.1, -0.05) is 43.7 Å². The SMILES string of the molecule is CCC[C@H](NC(=O)COC(=O)c1cc2c(cc1[N+](=O)[O-])OCCO2)c1ccccc1. The first-order valence-electron chi connectivity index (χ1n) is 9.59. The maximum Gasteiger partial charge on any atom is 0.345 e. The zero-order valence-corrected chi connectivity index (χ0v) is 16.5. The van der Waals surface area contributed by atoms with Crippen molar-refractivity contribution < 1.29 is 28.7 Å². The van der Waals surface area contributed by atoms with E-state index in [1.165, 1.54) is 6.07 Å². The third-order valence-electron chi connectivity index (χ3n) is 4.53. The van der Waals surface area contributed by atoms with Gasteiger partial charge >= 0.3 is 5.97 Å². The standard InChI is InChI=1S/C21H22N2O7/c1-2-6-16(14-7-4-3-5-8-14)22-20(24)13-30-21(25)15-11-18-19(29-10-9-28-18)12-17(15)23(26)27/h3-5,7-8,11-12,16H,2,6,9-10,13H2,1H3,(H,22,24)/t16-/m0/s1. The summed E-state index contributed by atoms with van der Waals surface area (Å²) in [6.45, 7) is 1.97. The first-order chi connectivity index (χ1) is 14.5. The van der Waals surface area contributed by atoms with E-state index < -0.39 is 29.1 Å². The number of nitrogens with zero attached hydrogens (tertiary/aromatic N) is 1. The van der Waals surface area contributed by atoms with E-state index >= 15 is 0 Å². The second-order valence-electron chi connectivity index (χ2n) is 6.67. The van der Waals surface area contributed by atoms with Crippen LogP contribution in [0.2, 0.25) is 0 Å². The summed E-state index contributed by atoms with van der Waals surface area (Å²) in [4.78, 5) is 35.4. The third kappa shape index (κ3) is 5.05. The molecule has 0 aliphatic carbocycles. The molecule has 3 rings (SSSR count). The van der Waals surface area contributed by atoms with Crippen molar-refractivity contribution in [2.75, 3.05) is 19.8 Å². The molecule has 0 saturated heterocycles. The van der Waals surface area contributed by atoms with Crippen LogP contribution in [0.1, 0.15) is 41.7 Å². The monoisotopic (exact) mass is 414 g/mol. The molecule has 0 fully saturated rings. The molecule has 30 heavy (non-hydrogen) atoms. The Balaban J connectivity index is 1.67. The first kappa shape index (κ1) is 21.1. The molecular formula is C21H22N2O7. The average Bonchev–Trinajstić information content (AvgIpc) is 2.76. The van der Waals surface area contributed by atoms with Crippen molar-refractivity contribution in [3.63, 3.8) is 0 Å². The van der Waals surface area contributed by atoms with Crippen molar-refractivity contribution in [1.82, 2.24) is 5.32 Å². The number of nitro groups is 1. The zero-order valence-electron chi connectivity index (χ0n) is 16.5. The van der Waals surface area contributed by atoms with Crippen molar-refractivity contribution >= 4 is 17.6 Å². The number of carbonyl (C=O) groups excluding carboxylic acids is 2. The van der Waals surface area contributed by atoms with Gasteiger partial charge in [0.25, 0.3) is 11.6 Å². The van der Waals surface area contributed by atoms with Gasteiger partial charge in [-0.05, 0) is 12.0 Å². The highest BCUT2D eigenvalue weighted by molar-refractivity contribution is 5.96. The van der Waals surface area contributed by atoms with Crippen LogP contribution in [0.4, 0.5) is 5.69 Å². The molecule has 0 spiro atoms. The van der Waals surface area contributed by atoms with E-state index in [0.717, 1.165) is 24.5 Å². The fraction of sp³-hybridized carbons (Fsp3) is 0.333. The van der Waals surface area contributed by atoms with Crippen LogP contribution in [0.15, 0.2) is 42.5 Å². The highest BCUT2D eigenvalue weighted by Gasteiger charge is 2.28. The van der Waals surface area contributed by atoms with Crippen LogP contribution in [0, 0.1) is 10.1 Å². The lowest BCUT2D eigenvalue weighted by Crippen LogP contribution is -2.32. The molecule has 2 aromatic carbocycles. The number of ether oxygens (including phenoxy) is 3. The number of hydrogen-bond donors (Lipinski definition) is 1. The molecule has 0 unspecified atom stereocenters. The van der Waals surface area contributed by atoms with Crippen molar-refractivity contribution in [2.45, 2.75) is 25.8 Å². The summed E-state index contributed by atoms with van der Waals surface area (Å²) in [5.74, 6) is -1.07. The Labute approximate surface area is 173 Å². The molecule has 0 radical (unpaired) electrons. The molecule has 0 saturated carbocycles. The average molecular weight is 414 g/mol. The molecule has 1 aliphatic rings. The summed E-state index contributed by atoms with van der Waals surface area (Å²) in [7, 11) is 0. The minimum absolute atomic E-state index is 0.188. The molecule has 9 nitrogen and oxygen atoms in total. The van der Waals surface area contributed by atoms with Gasteiger partial charge in [0.05, 0.1) is 17.0 Å². The predicted octanol–water partition coefficient (Wildman–Crippen LogP) is 3.18. The van der Waals surface area contributed by atoms with Gasteiger partial charge < -0.3 is 19.5 Å². The van der Waals surface area contributed by atoms with Crippen molar-refractivity contribution in [3.05, 3.63) is 63.7 Å². The third-order valence-corrected chi connectivity index (χ3v) is 4.53. The molecule has 158 valence electrons. The van der Waals surface area contributed by atoms with Crippen LogP contribution in [0.5, 0.6) is 11.5 Å². The number of carbonyl (C=O) groups is 2. The molecule has 9 heteroatoms. The number of esters is 1. The number of fused-ring (bicyclic) bond motifs is 1. The molecule has 1 N–H and O–H groups in total. The van der Waals surface area contributed by atoms with Gasteiger partial charge in [-0.15, -0.1) is 0 Å². The van der Waals surface area contributed by atoms with Crippen LogP contribution in [-0.2, 0) is 9.53 Å². The van der Waals surface area contributed by atoms with Gasteiger partial charge in [0.1, 0.15) is 18.8 Å².